The highest BCUT2D eigenvalue weighted by molar-refractivity contribution is 5.84. The zero-order valence-electron chi connectivity index (χ0n) is 11.4. The van der Waals surface area contributed by atoms with Crippen molar-refractivity contribution < 1.29 is 4.74 Å². The molecule has 0 atom stereocenters. The number of anilines is 1. The lowest BCUT2D eigenvalue weighted by molar-refractivity contribution is 0.481. The van der Waals surface area contributed by atoms with Crippen LogP contribution in [0, 0.1) is 13.8 Å². The Morgan fingerprint density at radius 3 is 2.65 bits per heavy atom. The topological polar surface area (TPSA) is 61.0 Å². The minimum absolute atomic E-state index is 0.682. The minimum Gasteiger partial charge on any atom is -0.455 e. The summed E-state index contributed by atoms with van der Waals surface area (Å²) in [6.07, 6.45) is 1.62. The summed E-state index contributed by atoms with van der Waals surface area (Å²) in [6.45, 7) is 3.98. The van der Waals surface area contributed by atoms with Crippen molar-refractivity contribution in [3.63, 3.8) is 0 Å². The van der Waals surface area contributed by atoms with Crippen molar-refractivity contribution in [2.24, 2.45) is 0 Å². The normalized spacial score (nSPS) is 10.7. The van der Waals surface area contributed by atoms with E-state index in [0.29, 0.717) is 5.75 Å². The number of aryl methyl sites for hydroxylation is 2. The van der Waals surface area contributed by atoms with Crippen molar-refractivity contribution in [3.05, 3.63) is 53.7 Å². The number of nitrogens with zero attached hydrogens (tertiary/aromatic N) is 2. The first-order valence-electron chi connectivity index (χ1n) is 6.40. The second kappa shape index (κ2) is 4.81. The number of benzene rings is 2. The van der Waals surface area contributed by atoms with E-state index >= 15 is 0 Å². The van der Waals surface area contributed by atoms with Crippen molar-refractivity contribution in [2.75, 3.05) is 5.73 Å². The molecule has 20 heavy (non-hydrogen) atoms. The lowest BCUT2D eigenvalue weighted by Crippen LogP contribution is -1.95. The van der Waals surface area contributed by atoms with E-state index in [2.05, 4.69) is 10.2 Å². The van der Waals surface area contributed by atoms with Crippen LogP contribution >= 0.6 is 0 Å². The van der Waals surface area contributed by atoms with E-state index in [1.54, 1.807) is 6.20 Å². The molecule has 1 heterocycles. The van der Waals surface area contributed by atoms with Crippen LogP contribution < -0.4 is 10.5 Å². The fourth-order valence-corrected chi connectivity index (χ4v) is 2.14. The number of aromatic nitrogens is 2. The molecule has 0 aliphatic rings. The van der Waals surface area contributed by atoms with E-state index in [-0.39, 0.29) is 0 Å². The molecule has 0 amide bonds. The van der Waals surface area contributed by atoms with Gasteiger partial charge in [0, 0.05) is 17.1 Å². The van der Waals surface area contributed by atoms with Gasteiger partial charge in [0.2, 0.25) is 0 Å². The Hall–Kier alpha value is -2.62. The van der Waals surface area contributed by atoms with Crippen molar-refractivity contribution in [1.82, 2.24) is 10.2 Å². The van der Waals surface area contributed by atoms with Gasteiger partial charge < -0.3 is 10.5 Å². The number of hydrogen-bond donors (Lipinski definition) is 1. The maximum Gasteiger partial charge on any atom is 0.157 e. The maximum absolute atomic E-state index is 5.98. The third-order valence-electron chi connectivity index (χ3n) is 3.29. The molecule has 0 fully saturated rings. The lowest BCUT2D eigenvalue weighted by atomic mass is 10.1. The molecule has 3 rings (SSSR count). The van der Waals surface area contributed by atoms with Gasteiger partial charge in [0.25, 0.3) is 0 Å². The summed E-state index contributed by atoms with van der Waals surface area (Å²) >= 11 is 0. The summed E-state index contributed by atoms with van der Waals surface area (Å²) in [5.74, 6) is 1.42. The van der Waals surface area contributed by atoms with Crippen LogP contribution in [-0.4, -0.2) is 10.2 Å². The molecule has 2 N–H and O–H groups in total. The third-order valence-corrected chi connectivity index (χ3v) is 3.29. The second-order valence-electron chi connectivity index (χ2n) is 4.80. The van der Waals surface area contributed by atoms with Gasteiger partial charge >= 0.3 is 0 Å². The highest BCUT2D eigenvalue weighted by atomic mass is 16.5. The highest BCUT2D eigenvalue weighted by Crippen LogP contribution is 2.32. The Kier molecular flexibility index (Phi) is 2.99. The van der Waals surface area contributed by atoms with E-state index in [1.807, 2.05) is 50.2 Å². The predicted octanol–water partition coefficient (Wildman–Crippen LogP) is 3.62. The SMILES string of the molecule is Cc1cc(C)c(Oc2cnnc3ccccc23)cc1N. The smallest absolute Gasteiger partial charge is 0.157 e. The van der Waals surface area contributed by atoms with Gasteiger partial charge in [-0.25, -0.2) is 0 Å². The number of rotatable bonds is 2. The van der Waals surface area contributed by atoms with Crippen molar-refractivity contribution in [1.29, 1.82) is 0 Å². The zero-order valence-corrected chi connectivity index (χ0v) is 11.4. The molecule has 0 aliphatic heterocycles. The quantitative estimate of drug-likeness (QED) is 0.719. The Bertz CT molecular complexity index is 779. The average molecular weight is 265 g/mol. The number of hydrogen-bond acceptors (Lipinski definition) is 4. The van der Waals surface area contributed by atoms with Crippen LogP contribution in [0.5, 0.6) is 11.5 Å². The summed E-state index contributed by atoms with van der Waals surface area (Å²) in [6, 6.07) is 11.6. The fourth-order valence-electron chi connectivity index (χ4n) is 2.14. The van der Waals surface area contributed by atoms with E-state index in [0.717, 1.165) is 33.5 Å². The number of nitrogen functional groups attached to an aromatic ring is 1. The molecule has 0 spiro atoms. The third kappa shape index (κ3) is 2.16. The fraction of sp³-hybridized carbons (Fsp3) is 0.125. The van der Waals surface area contributed by atoms with Crippen LogP contribution in [0.25, 0.3) is 10.9 Å². The Morgan fingerprint density at radius 2 is 1.80 bits per heavy atom. The molecular formula is C16H15N3O. The molecule has 2 aromatic carbocycles. The standard InChI is InChI=1S/C16H15N3O/c1-10-7-11(2)15(8-13(10)17)20-16-9-18-19-14-6-4-3-5-12(14)16/h3-9H,17H2,1-2H3. The van der Waals surface area contributed by atoms with Gasteiger partial charge in [-0.1, -0.05) is 18.2 Å². The zero-order chi connectivity index (χ0) is 14.1. The van der Waals surface area contributed by atoms with Gasteiger partial charge in [-0.3, -0.25) is 0 Å². The average Bonchev–Trinajstić information content (AvgIpc) is 2.45. The van der Waals surface area contributed by atoms with Crippen LogP contribution in [0.15, 0.2) is 42.6 Å². The maximum atomic E-state index is 5.98. The Balaban J connectivity index is 2.08. The molecule has 1 aromatic heterocycles. The molecule has 4 nitrogen and oxygen atoms in total. The van der Waals surface area contributed by atoms with Crippen molar-refractivity contribution in [3.8, 4) is 11.5 Å². The predicted molar refractivity (Wildman–Crippen MR) is 79.9 cm³/mol. The van der Waals surface area contributed by atoms with Gasteiger partial charge in [-0.15, -0.1) is 0 Å². The number of nitrogens with two attached hydrogens (primary N) is 1. The molecule has 0 unspecified atom stereocenters. The molecule has 0 saturated carbocycles. The molecule has 4 heteroatoms. The molecule has 100 valence electrons. The van der Waals surface area contributed by atoms with Gasteiger partial charge in [-0.05, 0) is 37.1 Å². The van der Waals surface area contributed by atoms with E-state index in [1.165, 1.54) is 0 Å². The summed E-state index contributed by atoms with van der Waals surface area (Å²) < 4.78 is 5.98. The molecule has 3 aromatic rings. The van der Waals surface area contributed by atoms with Gasteiger partial charge in [-0.2, -0.15) is 10.2 Å². The minimum atomic E-state index is 0.682. The van der Waals surface area contributed by atoms with E-state index < -0.39 is 0 Å². The lowest BCUT2D eigenvalue weighted by Gasteiger charge is -2.12. The van der Waals surface area contributed by atoms with Crippen LogP contribution in [0.2, 0.25) is 0 Å². The van der Waals surface area contributed by atoms with Gasteiger partial charge in [0.15, 0.2) is 5.75 Å². The molecule has 0 radical (unpaired) electrons. The highest BCUT2D eigenvalue weighted by Gasteiger charge is 2.08. The van der Waals surface area contributed by atoms with Crippen molar-refractivity contribution >= 4 is 16.6 Å². The molecule has 0 aliphatic carbocycles. The van der Waals surface area contributed by atoms with Crippen LogP contribution in [0.3, 0.4) is 0 Å². The Labute approximate surface area is 117 Å². The molecule has 0 saturated heterocycles. The van der Waals surface area contributed by atoms with Crippen molar-refractivity contribution in [2.45, 2.75) is 13.8 Å². The first kappa shape index (κ1) is 12.4. The first-order valence-corrected chi connectivity index (χ1v) is 6.40. The van der Waals surface area contributed by atoms with E-state index in [9.17, 15) is 0 Å². The van der Waals surface area contributed by atoms with E-state index in [4.69, 9.17) is 10.5 Å². The molecular weight excluding hydrogens is 250 g/mol. The number of ether oxygens (including phenoxy) is 1. The second-order valence-corrected chi connectivity index (χ2v) is 4.80. The van der Waals surface area contributed by atoms with Crippen LogP contribution in [-0.2, 0) is 0 Å². The van der Waals surface area contributed by atoms with Crippen LogP contribution in [0.1, 0.15) is 11.1 Å². The van der Waals surface area contributed by atoms with Gasteiger partial charge in [0.05, 0.1) is 11.7 Å². The van der Waals surface area contributed by atoms with Crippen LogP contribution in [0.4, 0.5) is 5.69 Å². The summed E-state index contributed by atoms with van der Waals surface area (Å²) in [7, 11) is 0. The largest absolute Gasteiger partial charge is 0.455 e. The number of fused-ring (bicyclic) bond motifs is 1. The molecule has 0 bridgehead atoms. The summed E-state index contributed by atoms with van der Waals surface area (Å²) in [5.41, 5.74) is 9.56. The summed E-state index contributed by atoms with van der Waals surface area (Å²) in [5, 5.41) is 8.99. The first-order chi connectivity index (χ1) is 9.65. The summed E-state index contributed by atoms with van der Waals surface area (Å²) in [4.78, 5) is 0. The van der Waals surface area contributed by atoms with Gasteiger partial charge in [0.1, 0.15) is 5.75 Å². The Morgan fingerprint density at radius 1 is 1.00 bits per heavy atom. The monoisotopic (exact) mass is 265 g/mol.